The van der Waals surface area contributed by atoms with Gasteiger partial charge in [-0.05, 0) is 91.0 Å². The highest BCUT2D eigenvalue weighted by Crippen LogP contribution is 2.43. The van der Waals surface area contributed by atoms with Gasteiger partial charge < -0.3 is 71.1 Å². The molecular formula is C78H94O15. The van der Waals surface area contributed by atoms with Gasteiger partial charge in [0.25, 0.3) is 0 Å². The summed E-state index contributed by atoms with van der Waals surface area (Å²) in [6.07, 6.45) is 0. The van der Waals surface area contributed by atoms with Crippen molar-refractivity contribution in [1.29, 1.82) is 0 Å². The lowest BCUT2D eigenvalue weighted by atomic mass is 9.95. The summed E-state index contributed by atoms with van der Waals surface area (Å²) in [5, 5.41) is 0. The third-order valence-corrected chi connectivity index (χ3v) is 15.6. The first-order valence-electron chi connectivity index (χ1n) is 32.0. The molecule has 0 saturated carbocycles. The van der Waals surface area contributed by atoms with E-state index in [0.717, 1.165) is 44.5 Å². The summed E-state index contributed by atoms with van der Waals surface area (Å²) < 4.78 is 88.0. The van der Waals surface area contributed by atoms with Crippen LogP contribution in [-0.2, 0) is 56.8 Å². The maximum absolute atomic E-state index is 6.98. The zero-order valence-electron chi connectivity index (χ0n) is 55.1. The molecule has 0 bridgehead atoms. The van der Waals surface area contributed by atoms with Crippen molar-refractivity contribution in [3.05, 3.63) is 188 Å². The van der Waals surface area contributed by atoms with Crippen LogP contribution in [0.5, 0.6) is 17.2 Å². The van der Waals surface area contributed by atoms with Gasteiger partial charge in [0.15, 0.2) is 0 Å². The van der Waals surface area contributed by atoms with E-state index in [1.54, 1.807) is 42.7 Å². The Morgan fingerprint density at radius 3 is 0.677 bits per heavy atom. The van der Waals surface area contributed by atoms with Crippen LogP contribution in [0.2, 0.25) is 0 Å². The highest BCUT2D eigenvalue weighted by atomic mass is 16.6. The van der Waals surface area contributed by atoms with E-state index in [1.165, 1.54) is 33.4 Å². The maximum Gasteiger partial charge on any atom is 0.128 e. The minimum atomic E-state index is -0.118. The molecule has 0 amide bonds. The molecule has 0 spiro atoms. The Labute approximate surface area is 550 Å². The molecule has 8 aromatic rings. The average molecular weight is 1270 g/mol. The summed E-state index contributed by atoms with van der Waals surface area (Å²) in [4.78, 5) is 0. The van der Waals surface area contributed by atoms with Gasteiger partial charge in [-0.2, -0.15) is 0 Å². The topological polar surface area (TPSA) is 138 Å². The predicted octanol–water partition coefficient (Wildman–Crippen LogP) is 14.3. The van der Waals surface area contributed by atoms with E-state index >= 15 is 0 Å². The summed E-state index contributed by atoms with van der Waals surface area (Å²) in [5.41, 5.74) is 15.1. The van der Waals surface area contributed by atoms with E-state index in [0.29, 0.717) is 156 Å². The molecule has 0 fully saturated rings. The van der Waals surface area contributed by atoms with Crippen LogP contribution in [0.25, 0.3) is 77.9 Å². The molecule has 93 heavy (non-hydrogen) atoms. The number of methoxy groups -OCH3 is 6. The quantitative estimate of drug-likeness (QED) is 0.0334. The van der Waals surface area contributed by atoms with Crippen LogP contribution < -0.4 is 14.2 Å². The number of rotatable bonds is 46. The zero-order valence-corrected chi connectivity index (χ0v) is 55.1. The summed E-state index contributed by atoms with van der Waals surface area (Å²) in [7, 11) is 9.96. The first-order valence-corrected chi connectivity index (χ1v) is 32.0. The summed E-state index contributed by atoms with van der Waals surface area (Å²) in [6, 6.07) is 66.4. The van der Waals surface area contributed by atoms with Gasteiger partial charge in [-0.25, -0.2) is 0 Å². The highest BCUT2D eigenvalue weighted by molar-refractivity contribution is 5.83. The predicted molar refractivity (Wildman–Crippen MR) is 368 cm³/mol. The van der Waals surface area contributed by atoms with Crippen molar-refractivity contribution in [1.82, 2.24) is 0 Å². The van der Waals surface area contributed by atoms with E-state index in [4.69, 9.17) is 71.1 Å². The second-order valence-corrected chi connectivity index (χ2v) is 22.6. The first kappa shape index (κ1) is 71.5. The van der Waals surface area contributed by atoms with Crippen LogP contribution in [0.3, 0.4) is 0 Å². The van der Waals surface area contributed by atoms with Gasteiger partial charge in [-0.15, -0.1) is 0 Å². The molecule has 0 unspecified atom stereocenters. The van der Waals surface area contributed by atoms with Crippen LogP contribution in [0.1, 0.15) is 0 Å². The molecule has 0 heterocycles. The molecular weight excluding hydrogens is 1180 g/mol. The Balaban J connectivity index is 1.06. The minimum absolute atomic E-state index is 0.0214. The summed E-state index contributed by atoms with van der Waals surface area (Å²) in [6.45, 7) is 9.12. The molecule has 0 aromatic heterocycles. The Kier molecular flexibility index (Phi) is 31.8. The average Bonchev–Trinajstić information content (AvgIpc) is 0.875. The van der Waals surface area contributed by atoms with Crippen LogP contribution in [0.4, 0.5) is 0 Å². The third-order valence-electron chi connectivity index (χ3n) is 15.6. The smallest absolute Gasteiger partial charge is 0.128 e. The minimum Gasteiger partial charge on any atom is -0.493 e. The van der Waals surface area contributed by atoms with Crippen LogP contribution in [0, 0.1) is 17.8 Å². The molecule has 0 N–H and O–H groups in total. The molecule has 0 radical (unpaired) electrons. The molecule has 8 rings (SSSR count). The third kappa shape index (κ3) is 23.9. The van der Waals surface area contributed by atoms with Gasteiger partial charge in [0.05, 0.1) is 139 Å². The monoisotopic (exact) mass is 1270 g/mol. The number of hydrogen-bond acceptors (Lipinski definition) is 15. The second kappa shape index (κ2) is 41.4. The van der Waals surface area contributed by atoms with Gasteiger partial charge in [-0.3, -0.25) is 0 Å². The fraction of sp³-hybridized carbons (Fsp3) is 0.385. The lowest BCUT2D eigenvalue weighted by Crippen LogP contribution is -2.25. The molecule has 0 aliphatic carbocycles. The van der Waals surface area contributed by atoms with E-state index in [1.807, 2.05) is 30.3 Å². The standard InChI is InChI=1S/C78H94O15/c1-79-36-42-85-50-59(51-86-43-37-80-2)56-91-74-34-32-73(33-35-74)76-49-77(92-57-60(52-87-44-38-81-3)53-88-45-39-82-4)75(48-78(76)93-58-61(54-89-46-40-83-5)55-90-47-41-84-6)72-30-28-71(29-31-72)70-26-24-69(25-27-70)68-22-20-67(21-23-68)66-18-16-65(17-19-66)64-14-12-63(13-15-64)62-10-8-7-9-11-62/h7-35,48-49,59-61H,36-47,50-58H2,1-6H3. The van der Waals surface area contributed by atoms with E-state index in [2.05, 4.69) is 158 Å². The Hall–Kier alpha value is -7.32. The summed E-state index contributed by atoms with van der Waals surface area (Å²) in [5.74, 6) is 1.76. The maximum atomic E-state index is 6.98. The van der Waals surface area contributed by atoms with E-state index < -0.39 is 0 Å². The molecule has 496 valence electrons. The SMILES string of the molecule is COCCOCC(COCCOC)COc1ccc(-c2cc(OCC(COCCOC)COCCOC)c(-c3ccc(-c4ccc(-c5ccc(-c6ccc(-c7ccc(-c8ccccc8)cc7)cc6)cc5)cc4)cc3)cc2OCC(COCCOC)COCCOC)cc1. The fourth-order valence-corrected chi connectivity index (χ4v) is 10.3. The molecule has 8 aromatic carbocycles. The lowest BCUT2D eigenvalue weighted by molar-refractivity contribution is -0.00538. The first-order chi connectivity index (χ1) is 45.9. The number of hydrogen-bond donors (Lipinski definition) is 0. The second-order valence-electron chi connectivity index (χ2n) is 22.6. The van der Waals surface area contributed by atoms with Crippen LogP contribution >= 0.6 is 0 Å². The molecule has 0 aliphatic heterocycles. The normalized spacial score (nSPS) is 11.5. The Bertz CT molecular complexity index is 3240. The van der Waals surface area contributed by atoms with Crippen molar-refractivity contribution in [3.63, 3.8) is 0 Å². The Morgan fingerprint density at radius 2 is 0.430 bits per heavy atom. The molecule has 15 heteroatoms. The van der Waals surface area contributed by atoms with Crippen LogP contribution in [-0.4, -0.2) is 181 Å². The molecule has 15 nitrogen and oxygen atoms in total. The van der Waals surface area contributed by atoms with Crippen molar-refractivity contribution >= 4 is 0 Å². The van der Waals surface area contributed by atoms with Crippen molar-refractivity contribution in [2.45, 2.75) is 0 Å². The largest absolute Gasteiger partial charge is 0.493 e. The van der Waals surface area contributed by atoms with E-state index in [9.17, 15) is 0 Å². The Morgan fingerprint density at radius 1 is 0.215 bits per heavy atom. The molecule has 0 aliphatic rings. The molecule has 0 atom stereocenters. The van der Waals surface area contributed by atoms with Crippen LogP contribution in [0.15, 0.2) is 188 Å². The van der Waals surface area contributed by atoms with Gasteiger partial charge in [-0.1, -0.05) is 164 Å². The number of ether oxygens (including phenoxy) is 15. The van der Waals surface area contributed by atoms with Crippen molar-refractivity contribution in [2.24, 2.45) is 17.8 Å². The van der Waals surface area contributed by atoms with Crippen molar-refractivity contribution in [2.75, 3.05) is 181 Å². The molecule has 0 saturated heterocycles. The zero-order chi connectivity index (χ0) is 64.9. The fourth-order valence-electron chi connectivity index (χ4n) is 10.3. The van der Waals surface area contributed by atoms with E-state index in [-0.39, 0.29) is 17.8 Å². The van der Waals surface area contributed by atoms with Crippen molar-refractivity contribution < 1.29 is 71.1 Å². The van der Waals surface area contributed by atoms with Crippen molar-refractivity contribution in [3.8, 4) is 95.1 Å². The highest BCUT2D eigenvalue weighted by Gasteiger charge is 2.22. The lowest BCUT2D eigenvalue weighted by Gasteiger charge is -2.23. The summed E-state index contributed by atoms with van der Waals surface area (Å²) >= 11 is 0. The van der Waals surface area contributed by atoms with Gasteiger partial charge in [0, 0.05) is 71.5 Å². The van der Waals surface area contributed by atoms with Gasteiger partial charge >= 0.3 is 0 Å². The van der Waals surface area contributed by atoms with Gasteiger partial charge in [0.2, 0.25) is 0 Å². The number of benzene rings is 8. The van der Waals surface area contributed by atoms with Gasteiger partial charge in [0.1, 0.15) is 17.2 Å².